The number of hydrogen-bond acceptors (Lipinski definition) is 4. The Labute approximate surface area is 175 Å². The minimum absolute atomic E-state index is 0.0465. The number of nitrogens with zero attached hydrogens (tertiary/aromatic N) is 1. The van der Waals surface area contributed by atoms with E-state index in [2.05, 4.69) is 0 Å². The van der Waals surface area contributed by atoms with Crippen LogP contribution in [0, 0.1) is 0 Å². The Hall–Kier alpha value is -1.76. The summed E-state index contributed by atoms with van der Waals surface area (Å²) in [5, 5.41) is 0.939. The molecule has 1 aliphatic rings. The van der Waals surface area contributed by atoms with E-state index in [4.69, 9.17) is 27.9 Å². The predicted molar refractivity (Wildman–Crippen MR) is 111 cm³/mol. The van der Waals surface area contributed by atoms with Crippen LogP contribution < -0.4 is 4.74 Å². The van der Waals surface area contributed by atoms with Crippen LogP contribution in [0.3, 0.4) is 0 Å². The number of sulfone groups is 1. The van der Waals surface area contributed by atoms with E-state index in [1.165, 1.54) is 0 Å². The lowest BCUT2D eigenvalue weighted by molar-refractivity contribution is 0.0680. The maximum Gasteiger partial charge on any atom is 0.254 e. The molecule has 2 aromatic carbocycles. The predicted octanol–water partition coefficient (Wildman–Crippen LogP) is 4.22. The van der Waals surface area contributed by atoms with E-state index in [-0.39, 0.29) is 24.0 Å². The third-order valence-corrected chi connectivity index (χ3v) is 7.00. The second-order valence-corrected chi connectivity index (χ2v) is 9.76. The molecule has 0 N–H and O–H groups in total. The van der Waals surface area contributed by atoms with Gasteiger partial charge in [0.2, 0.25) is 0 Å². The Balaban J connectivity index is 1.93. The summed E-state index contributed by atoms with van der Waals surface area (Å²) in [6.45, 7) is 2.56. The number of benzene rings is 2. The van der Waals surface area contributed by atoms with Gasteiger partial charge in [-0.05, 0) is 49.2 Å². The summed E-state index contributed by atoms with van der Waals surface area (Å²) in [6, 6.07) is 11.6. The van der Waals surface area contributed by atoms with Gasteiger partial charge in [0.15, 0.2) is 9.84 Å². The van der Waals surface area contributed by atoms with Crippen molar-refractivity contribution in [3.8, 4) is 5.75 Å². The quantitative estimate of drug-likeness (QED) is 0.672. The van der Waals surface area contributed by atoms with Crippen molar-refractivity contribution in [2.24, 2.45) is 0 Å². The molecule has 0 aliphatic carbocycles. The molecule has 3 rings (SSSR count). The Kier molecular flexibility index (Phi) is 6.53. The summed E-state index contributed by atoms with van der Waals surface area (Å²) in [5.74, 6) is 0.371. The number of hydrogen-bond donors (Lipinski definition) is 0. The van der Waals surface area contributed by atoms with E-state index < -0.39 is 15.9 Å². The van der Waals surface area contributed by atoms with E-state index in [0.29, 0.717) is 39.9 Å². The van der Waals surface area contributed by atoms with Gasteiger partial charge in [0, 0.05) is 28.2 Å². The Morgan fingerprint density at radius 3 is 2.64 bits per heavy atom. The number of carbonyl (C=O) groups is 1. The van der Waals surface area contributed by atoms with Crippen molar-refractivity contribution in [1.29, 1.82) is 0 Å². The molecule has 2 aromatic rings. The van der Waals surface area contributed by atoms with Gasteiger partial charge in [-0.25, -0.2) is 8.42 Å². The van der Waals surface area contributed by atoms with Crippen LogP contribution in [0.1, 0.15) is 29.3 Å². The molecule has 1 saturated heterocycles. The lowest BCUT2D eigenvalue weighted by atomic mass is 10.1. The summed E-state index contributed by atoms with van der Waals surface area (Å²) in [5.41, 5.74) is 1.16. The van der Waals surface area contributed by atoms with E-state index in [0.717, 1.165) is 0 Å². The molecule has 1 heterocycles. The van der Waals surface area contributed by atoms with Gasteiger partial charge in [0.25, 0.3) is 5.91 Å². The molecule has 0 aromatic heterocycles. The average Bonchev–Trinajstić information content (AvgIpc) is 3.01. The molecule has 5 nitrogen and oxygen atoms in total. The van der Waals surface area contributed by atoms with Crippen molar-refractivity contribution >= 4 is 38.9 Å². The van der Waals surface area contributed by atoms with Crippen molar-refractivity contribution in [3.63, 3.8) is 0 Å². The standard InChI is InChI=1S/C20H21Cl2NO4S/c1-2-27-18-5-3-4-14(10-18)20(24)23(17-8-9-28(25,26)13-17)12-15-6-7-16(21)11-19(15)22/h3-7,10-11,17H,2,8-9,12-13H2,1H3. The van der Waals surface area contributed by atoms with E-state index in [1.54, 1.807) is 47.4 Å². The van der Waals surface area contributed by atoms with Crippen molar-refractivity contribution in [2.75, 3.05) is 18.1 Å². The highest BCUT2D eigenvalue weighted by atomic mass is 35.5. The zero-order chi connectivity index (χ0) is 20.3. The molecular weight excluding hydrogens is 421 g/mol. The lowest BCUT2D eigenvalue weighted by Crippen LogP contribution is -2.40. The first-order valence-electron chi connectivity index (χ1n) is 8.97. The monoisotopic (exact) mass is 441 g/mol. The molecule has 28 heavy (non-hydrogen) atoms. The molecule has 0 spiro atoms. The van der Waals surface area contributed by atoms with Crippen LogP contribution in [0.4, 0.5) is 0 Å². The molecule has 1 unspecified atom stereocenters. The zero-order valence-electron chi connectivity index (χ0n) is 15.4. The first-order valence-corrected chi connectivity index (χ1v) is 11.5. The summed E-state index contributed by atoms with van der Waals surface area (Å²) in [4.78, 5) is 14.9. The normalized spacial score (nSPS) is 18.0. The number of amides is 1. The first kappa shape index (κ1) is 21.0. The summed E-state index contributed by atoms with van der Waals surface area (Å²) >= 11 is 12.3. The van der Waals surface area contributed by atoms with Crippen LogP contribution in [0.5, 0.6) is 5.75 Å². The largest absolute Gasteiger partial charge is 0.494 e. The number of halogens is 2. The maximum absolute atomic E-state index is 13.3. The van der Waals surface area contributed by atoms with E-state index >= 15 is 0 Å². The van der Waals surface area contributed by atoms with Gasteiger partial charge in [-0.15, -0.1) is 0 Å². The number of carbonyl (C=O) groups excluding carboxylic acids is 1. The minimum atomic E-state index is -3.15. The lowest BCUT2D eigenvalue weighted by Gasteiger charge is -2.29. The molecular formula is C20H21Cl2NO4S. The topological polar surface area (TPSA) is 63.7 Å². The fourth-order valence-corrected chi connectivity index (χ4v) is 5.47. The van der Waals surface area contributed by atoms with Crippen LogP contribution in [-0.2, 0) is 16.4 Å². The van der Waals surface area contributed by atoms with Crippen molar-refractivity contribution in [3.05, 3.63) is 63.6 Å². The first-order chi connectivity index (χ1) is 13.3. The number of rotatable bonds is 6. The average molecular weight is 442 g/mol. The smallest absolute Gasteiger partial charge is 0.254 e. The molecule has 1 aliphatic heterocycles. The summed E-state index contributed by atoms with van der Waals surface area (Å²) in [7, 11) is -3.15. The maximum atomic E-state index is 13.3. The van der Waals surface area contributed by atoms with E-state index in [1.807, 2.05) is 6.92 Å². The van der Waals surface area contributed by atoms with Crippen molar-refractivity contribution < 1.29 is 17.9 Å². The molecule has 0 bridgehead atoms. The van der Waals surface area contributed by atoms with Gasteiger partial charge in [-0.3, -0.25) is 4.79 Å². The van der Waals surface area contributed by atoms with Crippen LogP contribution in [0.2, 0.25) is 10.0 Å². The zero-order valence-corrected chi connectivity index (χ0v) is 17.7. The minimum Gasteiger partial charge on any atom is -0.494 e. The molecule has 1 fully saturated rings. The highest BCUT2D eigenvalue weighted by molar-refractivity contribution is 7.91. The summed E-state index contributed by atoms with van der Waals surface area (Å²) < 4.78 is 29.5. The molecule has 8 heteroatoms. The molecule has 0 radical (unpaired) electrons. The second kappa shape index (κ2) is 8.72. The fourth-order valence-electron chi connectivity index (χ4n) is 3.27. The van der Waals surface area contributed by atoms with E-state index in [9.17, 15) is 13.2 Å². The second-order valence-electron chi connectivity index (χ2n) is 6.69. The molecule has 1 amide bonds. The van der Waals surface area contributed by atoms with Crippen molar-refractivity contribution in [1.82, 2.24) is 4.90 Å². The summed E-state index contributed by atoms with van der Waals surface area (Å²) in [6.07, 6.45) is 0.407. The number of ether oxygens (including phenoxy) is 1. The van der Waals surface area contributed by atoms with Crippen LogP contribution >= 0.6 is 23.2 Å². The molecule has 150 valence electrons. The van der Waals surface area contributed by atoms with Gasteiger partial charge in [0.1, 0.15) is 5.75 Å². The van der Waals surface area contributed by atoms with Gasteiger partial charge >= 0.3 is 0 Å². The van der Waals surface area contributed by atoms with Crippen LogP contribution in [0.15, 0.2) is 42.5 Å². The fraction of sp³-hybridized carbons (Fsp3) is 0.350. The highest BCUT2D eigenvalue weighted by Crippen LogP contribution is 2.27. The van der Waals surface area contributed by atoms with Gasteiger partial charge in [-0.1, -0.05) is 35.3 Å². The Bertz CT molecular complexity index is 978. The molecule has 1 atom stereocenters. The van der Waals surface area contributed by atoms with Crippen molar-refractivity contribution in [2.45, 2.75) is 25.9 Å². The Morgan fingerprint density at radius 2 is 2.00 bits per heavy atom. The van der Waals surface area contributed by atoms with Gasteiger partial charge in [-0.2, -0.15) is 0 Å². The van der Waals surface area contributed by atoms with Gasteiger partial charge < -0.3 is 9.64 Å². The van der Waals surface area contributed by atoms with Crippen LogP contribution in [-0.4, -0.2) is 43.4 Å². The SMILES string of the molecule is CCOc1cccc(C(=O)N(Cc2ccc(Cl)cc2Cl)C2CCS(=O)(=O)C2)c1. The third-order valence-electron chi connectivity index (χ3n) is 4.66. The molecule has 0 saturated carbocycles. The highest BCUT2D eigenvalue weighted by Gasteiger charge is 2.35. The Morgan fingerprint density at radius 1 is 1.21 bits per heavy atom. The van der Waals surface area contributed by atoms with Gasteiger partial charge in [0.05, 0.1) is 18.1 Å². The van der Waals surface area contributed by atoms with Crippen LogP contribution in [0.25, 0.3) is 0 Å². The third kappa shape index (κ3) is 4.99.